The molecule has 5 heteroatoms. The summed E-state index contributed by atoms with van der Waals surface area (Å²) in [5.41, 5.74) is 1.19. The number of hydrogen-bond acceptors (Lipinski definition) is 5. The third-order valence-corrected chi connectivity index (χ3v) is 2.35. The van der Waals surface area contributed by atoms with Gasteiger partial charge >= 0.3 is 6.16 Å². The van der Waals surface area contributed by atoms with Crippen LogP contribution < -0.4 is 0 Å². The fourth-order valence-electron chi connectivity index (χ4n) is 1.41. The predicted molar refractivity (Wildman–Crippen MR) is 71.8 cm³/mol. The molecule has 0 atom stereocenters. The number of carbonyl (C=O) groups excluding carboxylic acids is 1. The van der Waals surface area contributed by atoms with Crippen LogP contribution in [0.25, 0.3) is 0 Å². The molecule has 0 amide bonds. The molecule has 0 aliphatic carbocycles. The number of hydrogen-bond donors (Lipinski definition) is 2. The lowest BCUT2D eigenvalue weighted by molar-refractivity contribution is 0.0590. The summed E-state index contributed by atoms with van der Waals surface area (Å²) < 4.78 is 9.66. The minimum atomic E-state index is -0.705. The fourth-order valence-corrected chi connectivity index (χ4v) is 1.41. The van der Waals surface area contributed by atoms with Crippen LogP contribution in [0.2, 0.25) is 0 Å². The zero-order valence-electron chi connectivity index (χ0n) is 11.4. The van der Waals surface area contributed by atoms with Crippen LogP contribution in [0.5, 0.6) is 0 Å². The summed E-state index contributed by atoms with van der Waals surface area (Å²) in [6.07, 6.45) is 3.58. The Morgan fingerprint density at radius 1 is 0.833 bits per heavy atom. The molecule has 0 rings (SSSR count). The number of ether oxygens (including phenoxy) is 2. The van der Waals surface area contributed by atoms with E-state index in [1.807, 2.05) is 13.8 Å². The second-order valence-corrected chi connectivity index (χ2v) is 4.15. The van der Waals surface area contributed by atoms with Gasteiger partial charge < -0.3 is 20.3 Å². The van der Waals surface area contributed by atoms with Crippen LogP contribution in [0.4, 0.5) is 4.79 Å². The van der Waals surface area contributed by atoms with Crippen LogP contribution in [0, 0.1) is 10.8 Å². The number of carbonyl (C=O) groups is 1. The van der Waals surface area contributed by atoms with E-state index >= 15 is 0 Å². The lowest BCUT2D eigenvalue weighted by atomic mass is 10.2. The summed E-state index contributed by atoms with van der Waals surface area (Å²) in [6, 6.07) is 0. The summed E-state index contributed by atoms with van der Waals surface area (Å²) in [7, 11) is 0. The van der Waals surface area contributed by atoms with Gasteiger partial charge in [-0.05, 0) is 12.8 Å². The van der Waals surface area contributed by atoms with Crippen LogP contribution in [0.15, 0.2) is 0 Å². The molecule has 5 nitrogen and oxygen atoms in total. The highest BCUT2D eigenvalue weighted by molar-refractivity contribution is 5.82. The van der Waals surface area contributed by atoms with E-state index in [9.17, 15) is 4.79 Å². The zero-order valence-corrected chi connectivity index (χ0v) is 11.4. The molecule has 0 unspecified atom stereocenters. The molecule has 0 saturated heterocycles. The molecule has 0 aliphatic rings. The number of rotatable bonds is 10. The second kappa shape index (κ2) is 10.7. The molecule has 0 aliphatic heterocycles. The first-order chi connectivity index (χ1) is 8.60. The molecule has 0 bridgehead atoms. The molecule has 0 aromatic carbocycles. The molecule has 0 aromatic heterocycles. The van der Waals surface area contributed by atoms with Crippen molar-refractivity contribution in [2.45, 2.75) is 52.4 Å². The largest absolute Gasteiger partial charge is 0.508 e. The fraction of sp³-hybridized carbons (Fsp3) is 0.769. The van der Waals surface area contributed by atoms with E-state index in [0.29, 0.717) is 24.3 Å². The molecular formula is C13H24N2O3. The molecule has 104 valence electrons. The Balaban J connectivity index is 3.48. The van der Waals surface area contributed by atoms with E-state index in [2.05, 4.69) is 0 Å². The highest BCUT2D eigenvalue weighted by atomic mass is 16.7. The molecule has 0 radical (unpaired) electrons. The van der Waals surface area contributed by atoms with Crippen molar-refractivity contribution in [3.63, 3.8) is 0 Å². The van der Waals surface area contributed by atoms with Gasteiger partial charge in [0.15, 0.2) is 0 Å². The van der Waals surface area contributed by atoms with Gasteiger partial charge in [0.2, 0.25) is 0 Å². The summed E-state index contributed by atoms with van der Waals surface area (Å²) in [6.45, 7) is 4.41. The van der Waals surface area contributed by atoms with Crippen LogP contribution in [0.3, 0.4) is 0 Å². The summed E-state index contributed by atoms with van der Waals surface area (Å²) in [5.74, 6) is 0. The monoisotopic (exact) mass is 256 g/mol. The third-order valence-electron chi connectivity index (χ3n) is 2.35. The van der Waals surface area contributed by atoms with Gasteiger partial charge in [-0.1, -0.05) is 26.7 Å². The van der Waals surface area contributed by atoms with E-state index in [0.717, 1.165) is 25.7 Å². The molecule has 0 spiro atoms. The van der Waals surface area contributed by atoms with Crippen LogP contribution in [-0.2, 0) is 9.47 Å². The van der Waals surface area contributed by atoms with E-state index < -0.39 is 6.16 Å². The Hall–Kier alpha value is -1.39. The molecule has 0 aromatic rings. The van der Waals surface area contributed by atoms with E-state index in [4.69, 9.17) is 20.3 Å². The molecule has 2 N–H and O–H groups in total. The molecule has 0 fully saturated rings. The molecule has 18 heavy (non-hydrogen) atoms. The molecule has 0 saturated carbocycles. The lowest BCUT2D eigenvalue weighted by Gasteiger charge is -2.07. The topological polar surface area (TPSA) is 83.2 Å². The smallest absolute Gasteiger partial charge is 0.434 e. The van der Waals surface area contributed by atoms with Gasteiger partial charge in [-0.2, -0.15) is 0 Å². The molecular weight excluding hydrogens is 232 g/mol. The van der Waals surface area contributed by atoms with Crippen molar-refractivity contribution >= 4 is 17.6 Å². The van der Waals surface area contributed by atoms with Crippen molar-refractivity contribution in [1.82, 2.24) is 0 Å². The van der Waals surface area contributed by atoms with Gasteiger partial charge in [-0.25, -0.2) is 4.79 Å². The first kappa shape index (κ1) is 16.6. The van der Waals surface area contributed by atoms with Gasteiger partial charge in [0.1, 0.15) is 13.2 Å². The summed E-state index contributed by atoms with van der Waals surface area (Å²) in [4.78, 5) is 11.1. The maximum absolute atomic E-state index is 11.1. The van der Waals surface area contributed by atoms with Gasteiger partial charge in [-0.3, -0.25) is 0 Å². The minimum Gasteiger partial charge on any atom is -0.434 e. The van der Waals surface area contributed by atoms with Gasteiger partial charge in [0.05, 0.1) is 0 Å². The van der Waals surface area contributed by atoms with E-state index in [1.165, 1.54) is 0 Å². The maximum atomic E-state index is 11.1. The van der Waals surface area contributed by atoms with Crippen LogP contribution >= 0.6 is 0 Å². The van der Waals surface area contributed by atoms with Crippen molar-refractivity contribution in [2.24, 2.45) is 0 Å². The van der Waals surface area contributed by atoms with Crippen molar-refractivity contribution in [3.05, 3.63) is 0 Å². The second-order valence-electron chi connectivity index (χ2n) is 4.15. The highest BCUT2D eigenvalue weighted by Gasteiger charge is 2.05. The SMILES string of the molecule is CCCC(=N)CCOC(=O)OCCC(=N)CCC. The van der Waals surface area contributed by atoms with Gasteiger partial charge in [0, 0.05) is 24.3 Å². The Labute approximate surface area is 109 Å². The first-order valence-electron chi connectivity index (χ1n) is 6.52. The van der Waals surface area contributed by atoms with Gasteiger partial charge in [0.25, 0.3) is 0 Å². The third kappa shape index (κ3) is 9.81. The Morgan fingerprint density at radius 2 is 1.22 bits per heavy atom. The Morgan fingerprint density at radius 3 is 1.56 bits per heavy atom. The quantitative estimate of drug-likeness (QED) is 0.463. The standard InChI is InChI=1S/C13H24N2O3/c1-3-5-11(14)7-9-17-13(16)18-10-8-12(15)6-4-2/h14-15H,3-10H2,1-2H3. The van der Waals surface area contributed by atoms with Crippen LogP contribution in [0.1, 0.15) is 52.4 Å². The van der Waals surface area contributed by atoms with Crippen LogP contribution in [-0.4, -0.2) is 30.8 Å². The average Bonchev–Trinajstić information content (AvgIpc) is 2.29. The zero-order chi connectivity index (χ0) is 13.8. The Bertz CT molecular complexity index is 251. The van der Waals surface area contributed by atoms with Crippen molar-refractivity contribution < 1.29 is 14.3 Å². The highest BCUT2D eigenvalue weighted by Crippen LogP contribution is 1.98. The van der Waals surface area contributed by atoms with Crippen molar-refractivity contribution in [2.75, 3.05) is 13.2 Å². The van der Waals surface area contributed by atoms with Gasteiger partial charge in [-0.15, -0.1) is 0 Å². The van der Waals surface area contributed by atoms with E-state index in [-0.39, 0.29) is 13.2 Å². The minimum absolute atomic E-state index is 0.198. The predicted octanol–water partition coefficient (Wildman–Crippen LogP) is 3.56. The van der Waals surface area contributed by atoms with Crippen molar-refractivity contribution in [1.29, 1.82) is 10.8 Å². The normalized spacial score (nSPS) is 9.89. The summed E-state index contributed by atoms with van der Waals surface area (Å²) >= 11 is 0. The molecule has 0 heterocycles. The van der Waals surface area contributed by atoms with E-state index in [1.54, 1.807) is 0 Å². The Kier molecular flexibility index (Phi) is 9.91. The average molecular weight is 256 g/mol. The lowest BCUT2D eigenvalue weighted by Crippen LogP contribution is -2.13. The first-order valence-corrected chi connectivity index (χ1v) is 6.52. The number of nitrogens with one attached hydrogen (secondary N) is 2. The summed E-state index contributed by atoms with van der Waals surface area (Å²) in [5, 5.41) is 15.0. The van der Waals surface area contributed by atoms with Crippen molar-refractivity contribution in [3.8, 4) is 0 Å². The maximum Gasteiger partial charge on any atom is 0.508 e.